The van der Waals surface area contributed by atoms with Crippen LogP contribution in [0.1, 0.15) is 30.4 Å². The fourth-order valence-electron chi connectivity index (χ4n) is 2.19. The smallest absolute Gasteiger partial charge is 0.222 e. The van der Waals surface area contributed by atoms with Crippen LogP contribution in [0.5, 0.6) is 0 Å². The number of carbonyl (C=O) groups is 1. The van der Waals surface area contributed by atoms with E-state index in [0.29, 0.717) is 18.6 Å². The zero-order valence-electron chi connectivity index (χ0n) is 11.5. The van der Waals surface area contributed by atoms with E-state index in [1.54, 1.807) is 0 Å². The van der Waals surface area contributed by atoms with Gasteiger partial charge in [-0.25, -0.2) is 4.39 Å². The lowest BCUT2D eigenvalue weighted by molar-refractivity contribution is -0.123. The molecule has 114 valence electrons. The lowest BCUT2D eigenvalue weighted by Crippen LogP contribution is -2.27. The summed E-state index contributed by atoms with van der Waals surface area (Å²) in [6, 6.07) is 4.19. The number of benzene rings is 1. The fraction of sp³-hybridized carbons (Fsp3) is 0.429. The van der Waals surface area contributed by atoms with Gasteiger partial charge >= 0.3 is 0 Å². The predicted octanol–water partition coefficient (Wildman–Crippen LogP) is 1.11. The number of nitrogens with two attached hydrogens (primary N) is 1. The Labute approximate surface area is 121 Å². The number of rotatable bonds is 5. The second-order valence-corrected chi connectivity index (χ2v) is 4.91. The molecule has 4 N–H and O–H groups in total. The molecule has 0 radical (unpaired) electrons. The van der Waals surface area contributed by atoms with Gasteiger partial charge in [0.25, 0.3) is 0 Å². The zero-order valence-corrected chi connectivity index (χ0v) is 11.5. The van der Waals surface area contributed by atoms with E-state index in [4.69, 9.17) is 15.7 Å². The molecule has 1 aromatic carbocycles. The summed E-state index contributed by atoms with van der Waals surface area (Å²) >= 11 is 0. The molecule has 1 aliphatic rings. The van der Waals surface area contributed by atoms with E-state index in [-0.39, 0.29) is 30.0 Å². The minimum absolute atomic E-state index is 0.0298. The Morgan fingerprint density at radius 1 is 1.57 bits per heavy atom. The van der Waals surface area contributed by atoms with Gasteiger partial charge in [0.05, 0.1) is 12.5 Å². The first kappa shape index (κ1) is 15.2. The van der Waals surface area contributed by atoms with Crippen molar-refractivity contribution >= 4 is 11.7 Å². The van der Waals surface area contributed by atoms with E-state index in [2.05, 4.69) is 10.5 Å². The van der Waals surface area contributed by atoms with E-state index >= 15 is 0 Å². The van der Waals surface area contributed by atoms with Crippen LogP contribution < -0.4 is 11.1 Å². The molecular formula is C14H18FN3O3. The van der Waals surface area contributed by atoms with Gasteiger partial charge in [0.1, 0.15) is 5.82 Å². The van der Waals surface area contributed by atoms with E-state index in [0.717, 1.165) is 18.9 Å². The van der Waals surface area contributed by atoms with Crippen LogP contribution in [0.3, 0.4) is 0 Å². The number of nitrogens with one attached hydrogen (secondary N) is 1. The van der Waals surface area contributed by atoms with Crippen molar-refractivity contribution in [1.82, 2.24) is 5.32 Å². The van der Waals surface area contributed by atoms with E-state index in [1.807, 2.05) is 0 Å². The van der Waals surface area contributed by atoms with Crippen LogP contribution in [0, 0.1) is 5.82 Å². The normalized spacial score (nSPS) is 18.7. The zero-order chi connectivity index (χ0) is 15.2. The molecule has 1 aromatic rings. The maximum absolute atomic E-state index is 13.8. The van der Waals surface area contributed by atoms with Crippen molar-refractivity contribution in [2.45, 2.75) is 31.9 Å². The van der Waals surface area contributed by atoms with Crippen LogP contribution in [0.2, 0.25) is 0 Å². The van der Waals surface area contributed by atoms with Crippen molar-refractivity contribution in [1.29, 1.82) is 0 Å². The molecular weight excluding hydrogens is 277 g/mol. The molecule has 0 aliphatic carbocycles. The number of ether oxygens (including phenoxy) is 1. The number of carbonyl (C=O) groups excluding carboxylic acids is 1. The molecule has 2 rings (SSSR count). The highest BCUT2D eigenvalue weighted by molar-refractivity contribution is 5.97. The molecule has 1 amide bonds. The monoisotopic (exact) mass is 295 g/mol. The number of amides is 1. The van der Waals surface area contributed by atoms with E-state index in [1.165, 1.54) is 12.1 Å². The van der Waals surface area contributed by atoms with Gasteiger partial charge in [0.2, 0.25) is 5.91 Å². The summed E-state index contributed by atoms with van der Waals surface area (Å²) in [4.78, 5) is 11.7. The quantitative estimate of drug-likeness (QED) is 0.328. The highest BCUT2D eigenvalue weighted by atomic mass is 19.1. The number of oxime groups is 1. The molecule has 21 heavy (non-hydrogen) atoms. The summed E-state index contributed by atoms with van der Waals surface area (Å²) in [6.07, 6.45) is 2.12. The summed E-state index contributed by atoms with van der Waals surface area (Å²) in [5.74, 6) is -0.846. The molecule has 0 saturated carbocycles. The Balaban J connectivity index is 1.89. The summed E-state index contributed by atoms with van der Waals surface area (Å²) in [6.45, 7) is 0.787. The Kier molecular flexibility index (Phi) is 5.10. The molecule has 1 unspecified atom stereocenters. The third-order valence-electron chi connectivity index (χ3n) is 3.37. The number of halogens is 1. The highest BCUT2D eigenvalue weighted by Gasteiger charge is 2.19. The second-order valence-electron chi connectivity index (χ2n) is 4.91. The standard InChI is InChI=1S/C14H18FN3O3/c15-12-6-9(14(16)18-20)3-4-10(12)8-17-13(19)7-11-2-1-5-21-11/h3-4,6,11,20H,1-2,5,7-8H2,(H2,16,18)(H,17,19). The molecule has 0 spiro atoms. The van der Waals surface area contributed by atoms with Crippen LogP contribution >= 0.6 is 0 Å². The molecule has 1 atom stereocenters. The van der Waals surface area contributed by atoms with Gasteiger partial charge in [-0.05, 0) is 18.9 Å². The Morgan fingerprint density at radius 2 is 2.38 bits per heavy atom. The maximum atomic E-state index is 13.8. The van der Waals surface area contributed by atoms with Crippen molar-refractivity contribution in [2.75, 3.05) is 6.61 Å². The lowest BCUT2D eigenvalue weighted by atomic mass is 10.1. The molecule has 7 heteroatoms. The highest BCUT2D eigenvalue weighted by Crippen LogP contribution is 2.15. The van der Waals surface area contributed by atoms with Crippen molar-refractivity contribution in [2.24, 2.45) is 10.9 Å². The topological polar surface area (TPSA) is 96.9 Å². The van der Waals surface area contributed by atoms with Crippen molar-refractivity contribution in [3.05, 3.63) is 35.1 Å². The number of amidine groups is 1. The van der Waals surface area contributed by atoms with Crippen LogP contribution in [-0.2, 0) is 16.1 Å². The van der Waals surface area contributed by atoms with Crippen molar-refractivity contribution < 1.29 is 19.1 Å². The molecule has 1 aliphatic heterocycles. The van der Waals surface area contributed by atoms with Gasteiger partial charge < -0.3 is 21.0 Å². The van der Waals surface area contributed by atoms with Crippen LogP contribution in [-0.4, -0.2) is 29.7 Å². The molecule has 1 saturated heterocycles. The largest absolute Gasteiger partial charge is 0.409 e. The van der Waals surface area contributed by atoms with Gasteiger partial charge in [0, 0.05) is 24.3 Å². The molecule has 6 nitrogen and oxygen atoms in total. The summed E-state index contributed by atoms with van der Waals surface area (Å²) < 4.78 is 19.2. The van der Waals surface area contributed by atoms with E-state index < -0.39 is 5.82 Å². The van der Waals surface area contributed by atoms with E-state index in [9.17, 15) is 9.18 Å². The third kappa shape index (κ3) is 4.16. The van der Waals surface area contributed by atoms with Crippen LogP contribution in [0.4, 0.5) is 4.39 Å². The summed E-state index contributed by atoms with van der Waals surface area (Å²) in [5, 5.41) is 14.0. The lowest BCUT2D eigenvalue weighted by Gasteiger charge is -2.10. The predicted molar refractivity (Wildman–Crippen MR) is 74.3 cm³/mol. The van der Waals surface area contributed by atoms with Crippen LogP contribution in [0.25, 0.3) is 0 Å². The average Bonchev–Trinajstić information content (AvgIpc) is 2.98. The third-order valence-corrected chi connectivity index (χ3v) is 3.37. The van der Waals surface area contributed by atoms with Gasteiger partial charge in [-0.2, -0.15) is 0 Å². The number of hydrogen-bond donors (Lipinski definition) is 3. The van der Waals surface area contributed by atoms with Crippen molar-refractivity contribution in [3.63, 3.8) is 0 Å². The first-order valence-corrected chi connectivity index (χ1v) is 6.74. The average molecular weight is 295 g/mol. The Hall–Kier alpha value is -2.15. The summed E-state index contributed by atoms with van der Waals surface area (Å²) in [5.41, 5.74) is 6.00. The fourth-order valence-corrected chi connectivity index (χ4v) is 2.19. The number of nitrogens with zero attached hydrogens (tertiary/aromatic N) is 1. The molecule has 1 heterocycles. The minimum atomic E-state index is -0.517. The van der Waals surface area contributed by atoms with Gasteiger partial charge in [-0.1, -0.05) is 17.3 Å². The Morgan fingerprint density at radius 3 is 3.00 bits per heavy atom. The number of hydrogen-bond acceptors (Lipinski definition) is 4. The van der Waals surface area contributed by atoms with Gasteiger partial charge in [0.15, 0.2) is 5.84 Å². The molecule has 0 bridgehead atoms. The second kappa shape index (κ2) is 7.03. The van der Waals surface area contributed by atoms with Gasteiger partial charge in [-0.3, -0.25) is 4.79 Å². The first-order chi connectivity index (χ1) is 10.1. The SMILES string of the molecule is NC(=NO)c1ccc(CNC(=O)CC2CCCO2)c(F)c1. The van der Waals surface area contributed by atoms with Crippen LogP contribution in [0.15, 0.2) is 23.4 Å². The van der Waals surface area contributed by atoms with Crippen molar-refractivity contribution in [3.8, 4) is 0 Å². The van der Waals surface area contributed by atoms with Gasteiger partial charge in [-0.15, -0.1) is 0 Å². The molecule has 1 fully saturated rings. The minimum Gasteiger partial charge on any atom is -0.409 e. The molecule has 0 aromatic heterocycles. The summed E-state index contributed by atoms with van der Waals surface area (Å²) in [7, 11) is 0. The Bertz CT molecular complexity index is 542. The maximum Gasteiger partial charge on any atom is 0.222 e. The first-order valence-electron chi connectivity index (χ1n) is 6.74.